The van der Waals surface area contributed by atoms with E-state index in [0.717, 1.165) is 19.6 Å². The van der Waals surface area contributed by atoms with Crippen LogP contribution in [0.4, 0.5) is 0 Å². The minimum atomic E-state index is -0.225. The summed E-state index contributed by atoms with van der Waals surface area (Å²) in [6.45, 7) is 9.62. The summed E-state index contributed by atoms with van der Waals surface area (Å²) in [7, 11) is 0. The van der Waals surface area contributed by atoms with Gasteiger partial charge in [-0.3, -0.25) is 9.59 Å². The van der Waals surface area contributed by atoms with Crippen molar-refractivity contribution in [2.24, 2.45) is 11.8 Å². The van der Waals surface area contributed by atoms with E-state index in [1.807, 2.05) is 13.0 Å². The predicted molar refractivity (Wildman–Crippen MR) is 95.8 cm³/mol. The van der Waals surface area contributed by atoms with Crippen molar-refractivity contribution in [2.45, 2.75) is 33.2 Å². The number of benzene rings is 1. The number of carbonyl (C=O) groups is 2. The molecule has 0 saturated carbocycles. The first kappa shape index (κ1) is 18.5. The van der Waals surface area contributed by atoms with Gasteiger partial charge in [-0.05, 0) is 37.3 Å². The molecule has 0 aromatic heterocycles. The van der Waals surface area contributed by atoms with Gasteiger partial charge < -0.3 is 15.5 Å². The van der Waals surface area contributed by atoms with Gasteiger partial charge in [0.25, 0.3) is 5.91 Å². The maximum absolute atomic E-state index is 12.0. The second-order valence-electron chi connectivity index (χ2n) is 7.18. The molecule has 1 saturated heterocycles. The molecule has 5 nitrogen and oxygen atoms in total. The van der Waals surface area contributed by atoms with Crippen LogP contribution >= 0.6 is 0 Å². The number of hydrogen-bond donors (Lipinski definition) is 2. The zero-order chi connectivity index (χ0) is 17.5. The zero-order valence-electron chi connectivity index (χ0n) is 14.9. The number of likely N-dealkylation sites (tertiary alicyclic amines) is 1. The summed E-state index contributed by atoms with van der Waals surface area (Å²) in [5.41, 5.74) is 0.564. The number of piperidine rings is 1. The van der Waals surface area contributed by atoms with Crippen molar-refractivity contribution < 1.29 is 9.59 Å². The van der Waals surface area contributed by atoms with Crippen LogP contribution in [0.2, 0.25) is 0 Å². The maximum atomic E-state index is 12.0. The average molecular weight is 331 g/mol. The number of amides is 2. The summed E-state index contributed by atoms with van der Waals surface area (Å²) in [6.07, 6.45) is 1.28. The van der Waals surface area contributed by atoms with Gasteiger partial charge in [-0.15, -0.1) is 0 Å². The van der Waals surface area contributed by atoms with Crippen molar-refractivity contribution in [1.29, 1.82) is 0 Å². The van der Waals surface area contributed by atoms with Crippen molar-refractivity contribution in [1.82, 2.24) is 15.5 Å². The molecule has 3 atom stereocenters. The fraction of sp³-hybridized carbons (Fsp3) is 0.579. The van der Waals surface area contributed by atoms with E-state index >= 15 is 0 Å². The molecule has 1 fully saturated rings. The third kappa shape index (κ3) is 5.96. The number of nitrogens with one attached hydrogen (secondary N) is 2. The number of rotatable bonds is 6. The van der Waals surface area contributed by atoms with Crippen LogP contribution < -0.4 is 10.6 Å². The van der Waals surface area contributed by atoms with Crippen molar-refractivity contribution in [2.75, 3.05) is 26.2 Å². The Balaban J connectivity index is 1.71. The molecule has 1 aliphatic rings. The molecule has 2 N–H and O–H groups in total. The summed E-state index contributed by atoms with van der Waals surface area (Å²) in [4.78, 5) is 26.4. The third-order valence-electron chi connectivity index (χ3n) is 4.33. The van der Waals surface area contributed by atoms with E-state index in [9.17, 15) is 9.59 Å². The van der Waals surface area contributed by atoms with Crippen molar-refractivity contribution in [3.63, 3.8) is 0 Å². The predicted octanol–water partition coefficient (Wildman–Crippen LogP) is 1.90. The molecule has 5 heteroatoms. The molecule has 0 bridgehead atoms. The average Bonchev–Trinajstić information content (AvgIpc) is 2.52. The molecule has 1 aromatic rings. The molecule has 3 unspecified atom stereocenters. The lowest BCUT2D eigenvalue weighted by molar-refractivity contribution is -0.120. The van der Waals surface area contributed by atoms with Gasteiger partial charge in [-0.1, -0.05) is 32.0 Å². The van der Waals surface area contributed by atoms with Gasteiger partial charge in [0.05, 0.1) is 6.54 Å². The number of carbonyl (C=O) groups excluding carboxylic acids is 2. The minimum Gasteiger partial charge on any atom is -0.351 e. The van der Waals surface area contributed by atoms with Crippen LogP contribution in [0.15, 0.2) is 30.3 Å². The molecule has 1 aliphatic heterocycles. The molecule has 132 valence electrons. The largest absolute Gasteiger partial charge is 0.351 e. The first-order valence-electron chi connectivity index (χ1n) is 8.79. The molecule has 1 aromatic carbocycles. The SMILES string of the molecule is CC1CC(C)CN(CC(C)NC(=O)CNC(=O)c2ccccc2)C1. The molecule has 0 aliphatic carbocycles. The lowest BCUT2D eigenvalue weighted by atomic mass is 9.92. The Bertz CT molecular complexity index is 537. The number of nitrogens with zero attached hydrogens (tertiary/aromatic N) is 1. The van der Waals surface area contributed by atoms with E-state index in [1.165, 1.54) is 6.42 Å². The van der Waals surface area contributed by atoms with Gasteiger partial charge in [-0.25, -0.2) is 0 Å². The molecule has 2 amide bonds. The molecule has 24 heavy (non-hydrogen) atoms. The van der Waals surface area contributed by atoms with Crippen LogP contribution in [0.5, 0.6) is 0 Å². The highest BCUT2D eigenvalue weighted by atomic mass is 16.2. The van der Waals surface area contributed by atoms with Crippen LogP contribution in [0.25, 0.3) is 0 Å². The second kappa shape index (κ2) is 8.83. The first-order chi connectivity index (χ1) is 11.4. The van der Waals surface area contributed by atoms with Crippen LogP contribution in [0.1, 0.15) is 37.6 Å². The quantitative estimate of drug-likeness (QED) is 0.837. The lowest BCUT2D eigenvalue weighted by Crippen LogP contribution is -2.48. The Labute approximate surface area is 144 Å². The van der Waals surface area contributed by atoms with Crippen LogP contribution in [0, 0.1) is 11.8 Å². The first-order valence-corrected chi connectivity index (χ1v) is 8.79. The van der Waals surface area contributed by atoms with Crippen LogP contribution in [0.3, 0.4) is 0 Å². The number of hydrogen-bond acceptors (Lipinski definition) is 3. The Hall–Kier alpha value is -1.88. The van der Waals surface area contributed by atoms with E-state index in [4.69, 9.17) is 0 Å². The van der Waals surface area contributed by atoms with E-state index < -0.39 is 0 Å². The fourth-order valence-corrected chi connectivity index (χ4v) is 3.55. The third-order valence-corrected chi connectivity index (χ3v) is 4.33. The Kier molecular flexibility index (Phi) is 6.79. The fourth-order valence-electron chi connectivity index (χ4n) is 3.55. The molecular weight excluding hydrogens is 302 g/mol. The zero-order valence-corrected chi connectivity index (χ0v) is 14.9. The van der Waals surface area contributed by atoms with Gasteiger partial charge in [0, 0.05) is 31.2 Å². The van der Waals surface area contributed by atoms with E-state index in [2.05, 4.69) is 29.4 Å². The summed E-state index contributed by atoms with van der Waals surface area (Å²) in [5, 5.41) is 5.63. The minimum absolute atomic E-state index is 0.00483. The Morgan fingerprint density at radius 3 is 2.42 bits per heavy atom. The normalized spacial score (nSPS) is 22.6. The van der Waals surface area contributed by atoms with E-state index in [-0.39, 0.29) is 24.4 Å². The van der Waals surface area contributed by atoms with Gasteiger partial charge in [0.1, 0.15) is 0 Å². The maximum Gasteiger partial charge on any atom is 0.251 e. The molecular formula is C19H29N3O2. The van der Waals surface area contributed by atoms with Gasteiger partial charge >= 0.3 is 0 Å². The second-order valence-corrected chi connectivity index (χ2v) is 7.18. The molecule has 1 heterocycles. The van der Waals surface area contributed by atoms with Crippen LogP contribution in [-0.4, -0.2) is 48.9 Å². The highest BCUT2D eigenvalue weighted by Gasteiger charge is 2.23. The topological polar surface area (TPSA) is 61.4 Å². The summed E-state index contributed by atoms with van der Waals surface area (Å²) in [5.74, 6) is 1.05. The van der Waals surface area contributed by atoms with E-state index in [0.29, 0.717) is 17.4 Å². The van der Waals surface area contributed by atoms with Crippen LogP contribution in [-0.2, 0) is 4.79 Å². The lowest BCUT2D eigenvalue weighted by Gasteiger charge is -2.36. The molecule has 0 spiro atoms. The highest BCUT2D eigenvalue weighted by molar-refractivity contribution is 5.96. The smallest absolute Gasteiger partial charge is 0.251 e. The molecule has 0 radical (unpaired) electrons. The highest BCUT2D eigenvalue weighted by Crippen LogP contribution is 2.20. The summed E-state index contributed by atoms with van der Waals surface area (Å²) < 4.78 is 0. The van der Waals surface area contributed by atoms with E-state index in [1.54, 1.807) is 24.3 Å². The Morgan fingerprint density at radius 2 is 1.79 bits per heavy atom. The van der Waals surface area contributed by atoms with Gasteiger partial charge in [0.15, 0.2) is 0 Å². The van der Waals surface area contributed by atoms with Crippen molar-refractivity contribution in [3.05, 3.63) is 35.9 Å². The molecule has 2 rings (SSSR count). The summed E-state index contributed by atoms with van der Waals surface area (Å²) in [6, 6.07) is 9.00. The monoisotopic (exact) mass is 331 g/mol. The van der Waals surface area contributed by atoms with Gasteiger partial charge in [0.2, 0.25) is 5.91 Å². The van der Waals surface area contributed by atoms with Crippen molar-refractivity contribution >= 4 is 11.8 Å². The standard InChI is InChI=1S/C19H29N3O2/c1-14-9-15(2)12-22(11-14)13-16(3)21-18(23)10-20-19(24)17-7-5-4-6-8-17/h4-8,14-16H,9-13H2,1-3H3,(H,20,24)(H,21,23). The van der Waals surface area contributed by atoms with Gasteiger partial charge in [-0.2, -0.15) is 0 Å². The summed E-state index contributed by atoms with van der Waals surface area (Å²) >= 11 is 0. The van der Waals surface area contributed by atoms with Crippen molar-refractivity contribution in [3.8, 4) is 0 Å². The Morgan fingerprint density at radius 1 is 1.17 bits per heavy atom.